The number of nitrogens with zero attached hydrogens (tertiary/aromatic N) is 3. The minimum absolute atomic E-state index is 0.113. The molecule has 6 atom stereocenters. The molecule has 8 heteroatoms. The van der Waals surface area contributed by atoms with Crippen molar-refractivity contribution in [2.24, 2.45) is 11.8 Å². The minimum atomic E-state index is -0.961. The summed E-state index contributed by atoms with van der Waals surface area (Å²) < 4.78 is -1.65. The summed E-state index contributed by atoms with van der Waals surface area (Å²) in [5.41, 5.74) is 1.27. The molecular formula is C34H39N3O4S. The van der Waals surface area contributed by atoms with Crippen LogP contribution in [0.2, 0.25) is 0 Å². The monoisotopic (exact) mass is 585 g/mol. The van der Waals surface area contributed by atoms with Crippen molar-refractivity contribution < 1.29 is 19.5 Å². The van der Waals surface area contributed by atoms with Gasteiger partial charge in [-0.05, 0) is 51.8 Å². The van der Waals surface area contributed by atoms with E-state index in [2.05, 4.69) is 6.08 Å². The smallest absolute Gasteiger partial charge is 0.247 e. The Morgan fingerprint density at radius 1 is 0.881 bits per heavy atom. The molecule has 1 N–H and O–H groups in total. The molecule has 4 aliphatic rings. The Morgan fingerprint density at radius 2 is 1.52 bits per heavy atom. The van der Waals surface area contributed by atoms with Gasteiger partial charge >= 0.3 is 0 Å². The van der Waals surface area contributed by atoms with Crippen LogP contribution in [0.5, 0.6) is 0 Å². The molecule has 2 aromatic rings. The lowest BCUT2D eigenvalue weighted by molar-refractivity contribution is -0.148. The van der Waals surface area contributed by atoms with E-state index in [-0.39, 0.29) is 24.3 Å². The first-order valence-electron chi connectivity index (χ1n) is 14.7. The molecule has 0 radical (unpaired) electrons. The van der Waals surface area contributed by atoms with E-state index >= 15 is 0 Å². The van der Waals surface area contributed by atoms with Gasteiger partial charge in [0.1, 0.15) is 6.04 Å². The molecule has 0 aliphatic carbocycles. The predicted molar refractivity (Wildman–Crippen MR) is 166 cm³/mol. The molecule has 4 aliphatic heterocycles. The van der Waals surface area contributed by atoms with Gasteiger partial charge < -0.3 is 19.8 Å². The lowest BCUT2D eigenvalue weighted by Crippen LogP contribution is -2.60. The summed E-state index contributed by atoms with van der Waals surface area (Å²) in [6.07, 6.45) is 8.54. The van der Waals surface area contributed by atoms with E-state index in [0.717, 1.165) is 11.3 Å². The maximum absolute atomic E-state index is 14.9. The van der Waals surface area contributed by atoms with E-state index in [4.69, 9.17) is 0 Å². The highest BCUT2D eigenvalue weighted by molar-refractivity contribution is 8.02. The number of carbonyl (C=O) groups excluding carboxylic acids is 3. The Morgan fingerprint density at radius 3 is 2.17 bits per heavy atom. The Hall–Kier alpha value is -3.36. The van der Waals surface area contributed by atoms with Crippen LogP contribution >= 0.6 is 11.8 Å². The standard InChI is InChI=1S/C34H39N3O4S/c1-32(2,3)36-20-12-18-34-27(26-29(39)35(24-15-9-6-10-16-24)19-11-17-33(26,4)42-34)30(40)37(28(34)31(36)41)25(22-38)21-23-13-7-5-8-14-23/h5-18,25-28,38H,19-22H2,1-4H3/t25-,26-,27+,28?,33+,34+/m1/s1. The van der Waals surface area contributed by atoms with Crippen LogP contribution in [0.15, 0.2) is 85.0 Å². The second kappa shape index (κ2) is 10.4. The van der Waals surface area contributed by atoms with Gasteiger partial charge in [-0.25, -0.2) is 0 Å². The Bertz CT molecular complexity index is 1440. The van der Waals surface area contributed by atoms with Crippen LogP contribution in [0.4, 0.5) is 5.69 Å². The molecule has 0 saturated carbocycles. The van der Waals surface area contributed by atoms with Crippen LogP contribution in [0.1, 0.15) is 33.3 Å². The van der Waals surface area contributed by atoms with Crippen molar-refractivity contribution in [3.63, 3.8) is 0 Å². The van der Waals surface area contributed by atoms with Crippen LogP contribution in [-0.4, -0.2) is 79.4 Å². The highest BCUT2D eigenvalue weighted by Crippen LogP contribution is 2.66. The van der Waals surface area contributed by atoms with Crippen LogP contribution in [0.25, 0.3) is 0 Å². The van der Waals surface area contributed by atoms with Gasteiger partial charge in [0.25, 0.3) is 0 Å². The fraction of sp³-hybridized carbons (Fsp3) is 0.441. The summed E-state index contributed by atoms with van der Waals surface area (Å²) in [5, 5.41) is 10.7. The van der Waals surface area contributed by atoms with Gasteiger partial charge in [0.2, 0.25) is 17.7 Å². The predicted octanol–water partition coefficient (Wildman–Crippen LogP) is 4.08. The molecule has 2 saturated heterocycles. The number of likely N-dealkylation sites (tertiary alicyclic amines) is 1. The van der Waals surface area contributed by atoms with Gasteiger partial charge in [-0.15, -0.1) is 11.8 Å². The largest absolute Gasteiger partial charge is 0.394 e. The molecule has 6 rings (SSSR count). The van der Waals surface area contributed by atoms with Crippen LogP contribution in [-0.2, 0) is 20.8 Å². The third kappa shape index (κ3) is 4.42. The number of fused-ring (bicyclic) bond motifs is 2. The number of aliphatic hydroxyl groups excluding tert-OH is 1. The fourth-order valence-electron chi connectivity index (χ4n) is 7.43. The van der Waals surface area contributed by atoms with Crippen LogP contribution in [0, 0.1) is 11.8 Å². The lowest BCUT2D eigenvalue weighted by atomic mass is 9.74. The molecule has 0 bridgehead atoms. The molecule has 0 aromatic heterocycles. The topological polar surface area (TPSA) is 81.2 Å². The van der Waals surface area contributed by atoms with Crippen molar-refractivity contribution in [3.05, 3.63) is 90.5 Å². The summed E-state index contributed by atoms with van der Waals surface area (Å²) >= 11 is 1.57. The quantitative estimate of drug-likeness (QED) is 0.535. The number of amides is 3. The van der Waals surface area contributed by atoms with E-state index in [0.29, 0.717) is 19.5 Å². The minimum Gasteiger partial charge on any atom is -0.394 e. The van der Waals surface area contributed by atoms with Crippen molar-refractivity contribution in [3.8, 4) is 0 Å². The fourth-order valence-corrected chi connectivity index (χ4v) is 9.58. The maximum Gasteiger partial charge on any atom is 0.247 e. The summed E-state index contributed by atoms with van der Waals surface area (Å²) in [6.45, 7) is 8.57. The number of thioether (sulfide) groups is 1. The Kier molecular flexibility index (Phi) is 7.13. The molecule has 1 spiro atoms. The number of carbonyl (C=O) groups is 3. The van der Waals surface area contributed by atoms with Crippen LogP contribution < -0.4 is 4.90 Å². The highest BCUT2D eigenvalue weighted by Gasteiger charge is 2.74. The molecule has 220 valence electrons. The van der Waals surface area contributed by atoms with E-state index < -0.39 is 39.0 Å². The highest BCUT2D eigenvalue weighted by atomic mass is 32.2. The SMILES string of the molecule is CC(C)(C)N1CC=C[C@]23S[C@@]4(C)C=CCN(c5ccccc5)C(=O)[C@H]4[C@H]2C(=O)N([C@@H](CO)Cc2ccccc2)C3C1=O. The van der Waals surface area contributed by atoms with E-state index in [9.17, 15) is 19.5 Å². The first-order valence-corrected chi connectivity index (χ1v) is 15.5. The van der Waals surface area contributed by atoms with Gasteiger partial charge in [-0.2, -0.15) is 0 Å². The molecule has 7 nitrogen and oxygen atoms in total. The molecule has 2 fully saturated rings. The van der Waals surface area contributed by atoms with Crippen molar-refractivity contribution >= 4 is 35.2 Å². The second-order valence-electron chi connectivity index (χ2n) is 13.0. The first kappa shape index (κ1) is 28.7. The van der Waals surface area contributed by atoms with Gasteiger partial charge in [0.15, 0.2) is 0 Å². The average Bonchev–Trinajstić information content (AvgIpc) is 3.23. The van der Waals surface area contributed by atoms with Gasteiger partial charge in [0.05, 0.1) is 29.2 Å². The number of anilines is 1. The third-order valence-corrected chi connectivity index (χ3v) is 11.1. The van der Waals surface area contributed by atoms with Gasteiger partial charge in [-0.1, -0.05) is 72.8 Å². The number of hydrogen-bond donors (Lipinski definition) is 1. The molecule has 3 amide bonds. The number of para-hydroxylation sites is 1. The van der Waals surface area contributed by atoms with Crippen molar-refractivity contribution in [1.82, 2.24) is 9.80 Å². The summed E-state index contributed by atoms with van der Waals surface area (Å²) in [5.74, 6) is -1.93. The zero-order valence-electron chi connectivity index (χ0n) is 24.6. The summed E-state index contributed by atoms with van der Waals surface area (Å²) in [7, 11) is 0. The molecule has 42 heavy (non-hydrogen) atoms. The number of rotatable bonds is 5. The number of aliphatic hydroxyl groups is 1. The third-order valence-electron chi connectivity index (χ3n) is 9.29. The van der Waals surface area contributed by atoms with Crippen LogP contribution in [0.3, 0.4) is 0 Å². The molecule has 1 unspecified atom stereocenters. The van der Waals surface area contributed by atoms with E-state index in [1.807, 2.05) is 111 Å². The molecule has 4 heterocycles. The molecular weight excluding hydrogens is 546 g/mol. The Labute approximate surface area is 252 Å². The maximum atomic E-state index is 14.9. The second-order valence-corrected chi connectivity index (χ2v) is 14.8. The van der Waals surface area contributed by atoms with E-state index in [1.165, 1.54) is 0 Å². The zero-order valence-corrected chi connectivity index (χ0v) is 25.5. The lowest BCUT2D eigenvalue weighted by Gasteiger charge is -2.42. The number of hydrogen-bond acceptors (Lipinski definition) is 5. The number of benzene rings is 2. The van der Waals surface area contributed by atoms with Gasteiger partial charge in [-0.3, -0.25) is 14.4 Å². The summed E-state index contributed by atoms with van der Waals surface area (Å²) in [4.78, 5) is 49.3. The molecule has 2 aromatic carbocycles. The van der Waals surface area contributed by atoms with E-state index in [1.54, 1.807) is 21.6 Å². The average molecular weight is 586 g/mol. The zero-order chi connectivity index (χ0) is 29.9. The van der Waals surface area contributed by atoms with Crippen molar-refractivity contribution in [2.75, 3.05) is 24.6 Å². The summed E-state index contributed by atoms with van der Waals surface area (Å²) in [6, 6.07) is 17.8. The normalized spacial score (nSPS) is 31.5. The van der Waals surface area contributed by atoms with Gasteiger partial charge in [0, 0.05) is 29.1 Å². The van der Waals surface area contributed by atoms with Crippen molar-refractivity contribution in [1.29, 1.82) is 0 Å². The Balaban J connectivity index is 1.50. The van der Waals surface area contributed by atoms with Crippen molar-refractivity contribution in [2.45, 2.75) is 61.2 Å². The first-order chi connectivity index (χ1) is 20.0.